The van der Waals surface area contributed by atoms with E-state index in [0.717, 1.165) is 12.8 Å². The molecule has 2 heterocycles. The number of nitrogens with one attached hydrogen (secondary N) is 1. The van der Waals surface area contributed by atoms with Gasteiger partial charge in [0.05, 0.1) is 5.69 Å². The summed E-state index contributed by atoms with van der Waals surface area (Å²) in [6.07, 6.45) is 4.34. The largest absolute Gasteiger partial charge is 0.480 e. The second kappa shape index (κ2) is 4.18. The number of aromatic nitrogens is 3. The van der Waals surface area contributed by atoms with E-state index in [0.29, 0.717) is 35.5 Å². The van der Waals surface area contributed by atoms with Crippen LogP contribution in [0.4, 0.5) is 5.82 Å². The maximum Gasteiger partial charge on any atom is 0.329 e. The predicted molar refractivity (Wildman–Crippen MR) is 66.8 cm³/mol. The van der Waals surface area contributed by atoms with Gasteiger partial charge in [-0.15, -0.1) is 0 Å². The molecule has 0 amide bonds. The van der Waals surface area contributed by atoms with Crippen molar-refractivity contribution in [3.05, 3.63) is 12.0 Å². The Morgan fingerprint density at radius 3 is 2.84 bits per heavy atom. The van der Waals surface area contributed by atoms with E-state index in [1.165, 1.54) is 6.33 Å². The Kier molecular flexibility index (Phi) is 2.62. The number of fused-ring (bicyclic) bond motifs is 1. The van der Waals surface area contributed by atoms with Gasteiger partial charge in [0, 0.05) is 0 Å². The van der Waals surface area contributed by atoms with E-state index in [-0.39, 0.29) is 0 Å². The van der Waals surface area contributed by atoms with Crippen molar-refractivity contribution < 1.29 is 14.4 Å². The summed E-state index contributed by atoms with van der Waals surface area (Å²) < 4.78 is 5.06. The maximum atomic E-state index is 11.5. The third kappa shape index (κ3) is 1.81. The average molecular weight is 262 g/mol. The molecule has 0 bridgehead atoms. The van der Waals surface area contributed by atoms with Crippen LogP contribution in [0.25, 0.3) is 11.1 Å². The molecule has 2 aromatic heterocycles. The van der Waals surface area contributed by atoms with Crippen LogP contribution < -0.4 is 5.32 Å². The van der Waals surface area contributed by atoms with Crippen molar-refractivity contribution in [1.82, 2.24) is 15.1 Å². The zero-order chi connectivity index (χ0) is 13.5. The number of carboxylic acids is 1. The molecular formula is C12H14N4O3. The highest BCUT2D eigenvalue weighted by molar-refractivity contribution is 5.91. The fraction of sp³-hybridized carbons (Fsp3) is 0.500. The van der Waals surface area contributed by atoms with Gasteiger partial charge in [-0.3, -0.25) is 0 Å². The topological polar surface area (TPSA) is 101 Å². The third-order valence-electron chi connectivity index (χ3n) is 3.67. The minimum atomic E-state index is -0.939. The predicted octanol–water partition coefficient (Wildman–Crippen LogP) is 1.74. The highest BCUT2D eigenvalue weighted by Crippen LogP contribution is 2.35. The lowest BCUT2D eigenvalue weighted by Gasteiger charge is -2.26. The number of carbonyl (C=O) groups is 1. The fourth-order valence-corrected chi connectivity index (χ4v) is 2.61. The quantitative estimate of drug-likeness (QED) is 0.868. The zero-order valence-corrected chi connectivity index (χ0v) is 10.5. The number of rotatable bonds is 3. The molecule has 1 fully saturated rings. The van der Waals surface area contributed by atoms with Gasteiger partial charge in [-0.05, 0) is 19.8 Å². The summed E-state index contributed by atoms with van der Waals surface area (Å²) in [6, 6.07) is 0. The first kappa shape index (κ1) is 11.9. The van der Waals surface area contributed by atoms with E-state index in [4.69, 9.17) is 4.52 Å². The first-order valence-electron chi connectivity index (χ1n) is 6.21. The molecule has 1 saturated carbocycles. The van der Waals surface area contributed by atoms with Crippen LogP contribution in [0.1, 0.15) is 31.4 Å². The molecule has 0 spiro atoms. The van der Waals surface area contributed by atoms with Crippen LogP contribution in [0.15, 0.2) is 10.9 Å². The summed E-state index contributed by atoms with van der Waals surface area (Å²) >= 11 is 0. The van der Waals surface area contributed by atoms with Gasteiger partial charge in [-0.25, -0.2) is 9.78 Å². The zero-order valence-electron chi connectivity index (χ0n) is 10.5. The molecule has 3 rings (SSSR count). The standard InChI is InChI=1S/C12H14N4O3/c1-7-8-9(13-6-14-10(8)19-16-7)15-12(11(17)18)4-2-3-5-12/h6H,2-5H2,1H3,(H,17,18)(H,13,14,15). The van der Waals surface area contributed by atoms with E-state index in [9.17, 15) is 9.90 Å². The van der Waals surface area contributed by atoms with Crippen molar-refractivity contribution >= 4 is 22.9 Å². The van der Waals surface area contributed by atoms with Gasteiger partial charge in [0.1, 0.15) is 23.1 Å². The van der Waals surface area contributed by atoms with Crippen molar-refractivity contribution in [2.45, 2.75) is 38.1 Å². The molecule has 1 aliphatic carbocycles. The smallest absolute Gasteiger partial charge is 0.329 e. The monoisotopic (exact) mass is 262 g/mol. The highest BCUT2D eigenvalue weighted by Gasteiger charge is 2.42. The fourth-order valence-electron chi connectivity index (χ4n) is 2.61. The van der Waals surface area contributed by atoms with Crippen molar-refractivity contribution in [1.29, 1.82) is 0 Å². The highest BCUT2D eigenvalue weighted by atomic mass is 16.5. The molecule has 2 N–H and O–H groups in total. The Labute approximate surface area is 109 Å². The number of nitrogens with zero attached hydrogens (tertiary/aromatic N) is 3. The Morgan fingerprint density at radius 1 is 1.42 bits per heavy atom. The summed E-state index contributed by atoms with van der Waals surface area (Å²) in [5.41, 5.74) is 0.0792. The van der Waals surface area contributed by atoms with E-state index in [1.54, 1.807) is 6.92 Å². The summed E-state index contributed by atoms with van der Waals surface area (Å²) in [7, 11) is 0. The summed E-state index contributed by atoms with van der Waals surface area (Å²) in [6.45, 7) is 1.78. The van der Waals surface area contributed by atoms with Crippen LogP contribution in [-0.4, -0.2) is 31.7 Å². The Balaban J connectivity index is 2.05. The average Bonchev–Trinajstić information content (AvgIpc) is 2.99. The lowest BCUT2D eigenvalue weighted by atomic mass is 9.97. The van der Waals surface area contributed by atoms with Gasteiger partial charge >= 0.3 is 5.97 Å². The number of hydrogen-bond donors (Lipinski definition) is 2. The minimum absolute atomic E-state index is 0.369. The van der Waals surface area contributed by atoms with Gasteiger partial charge in [0.15, 0.2) is 0 Å². The normalized spacial score (nSPS) is 17.7. The van der Waals surface area contributed by atoms with Crippen LogP contribution >= 0.6 is 0 Å². The summed E-state index contributed by atoms with van der Waals surface area (Å²) in [5, 5.41) is 17.0. The van der Waals surface area contributed by atoms with Gasteiger partial charge in [-0.1, -0.05) is 18.0 Å². The third-order valence-corrected chi connectivity index (χ3v) is 3.67. The van der Waals surface area contributed by atoms with Crippen LogP contribution in [0.5, 0.6) is 0 Å². The summed E-state index contributed by atoms with van der Waals surface area (Å²) in [5.74, 6) is -0.362. The second-order valence-electron chi connectivity index (χ2n) is 4.89. The number of anilines is 1. The minimum Gasteiger partial charge on any atom is -0.480 e. The van der Waals surface area contributed by atoms with Gasteiger partial charge < -0.3 is 14.9 Å². The van der Waals surface area contributed by atoms with E-state index in [1.807, 2.05) is 0 Å². The lowest BCUT2D eigenvalue weighted by Crippen LogP contribution is -2.44. The molecule has 0 radical (unpaired) electrons. The molecule has 7 heteroatoms. The number of aliphatic carboxylic acids is 1. The molecule has 7 nitrogen and oxygen atoms in total. The molecule has 1 aliphatic rings. The van der Waals surface area contributed by atoms with Crippen molar-refractivity contribution in [3.63, 3.8) is 0 Å². The Morgan fingerprint density at radius 2 is 2.16 bits per heavy atom. The Bertz CT molecular complexity index is 631. The molecule has 0 aromatic carbocycles. The van der Waals surface area contributed by atoms with Crippen molar-refractivity contribution in [2.24, 2.45) is 0 Å². The summed E-state index contributed by atoms with van der Waals surface area (Å²) in [4.78, 5) is 19.7. The van der Waals surface area contributed by atoms with E-state index < -0.39 is 11.5 Å². The molecule has 2 aromatic rings. The molecule has 0 atom stereocenters. The van der Waals surface area contributed by atoms with Crippen molar-refractivity contribution in [3.8, 4) is 0 Å². The Hall–Kier alpha value is -2.18. The molecular weight excluding hydrogens is 248 g/mol. The van der Waals surface area contributed by atoms with E-state index in [2.05, 4.69) is 20.4 Å². The molecule has 0 unspecified atom stereocenters. The first-order valence-corrected chi connectivity index (χ1v) is 6.21. The SMILES string of the molecule is Cc1noc2ncnc(NC3(C(=O)O)CCCC3)c12. The van der Waals surface area contributed by atoms with Gasteiger partial charge in [0.2, 0.25) is 0 Å². The van der Waals surface area contributed by atoms with Crippen molar-refractivity contribution in [2.75, 3.05) is 5.32 Å². The number of carboxylic acid groups (broad SMARTS) is 1. The second-order valence-corrected chi connectivity index (χ2v) is 4.89. The maximum absolute atomic E-state index is 11.5. The number of aryl methyl sites for hydroxylation is 1. The van der Waals surface area contributed by atoms with Gasteiger partial charge in [0.25, 0.3) is 5.71 Å². The van der Waals surface area contributed by atoms with Crippen LogP contribution in [0, 0.1) is 6.92 Å². The van der Waals surface area contributed by atoms with Crippen LogP contribution in [0.3, 0.4) is 0 Å². The van der Waals surface area contributed by atoms with Crippen LogP contribution in [-0.2, 0) is 4.79 Å². The molecule has 100 valence electrons. The van der Waals surface area contributed by atoms with E-state index >= 15 is 0 Å². The lowest BCUT2D eigenvalue weighted by molar-refractivity contribution is -0.142. The van der Waals surface area contributed by atoms with Gasteiger partial charge in [-0.2, -0.15) is 4.98 Å². The molecule has 19 heavy (non-hydrogen) atoms. The molecule has 0 aliphatic heterocycles. The molecule has 0 saturated heterocycles. The van der Waals surface area contributed by atoms with Crippen LogP contribution in [0.2, 0.25) is 0 Å². The number of hydrogen-bond acceptors (Lipinski definition) is 6. The first-order chi connectivity index (χ1) is 9.12.